The molecule has 3 rings (SSSR count). The number of rotatable bonds is 7. The normalized spacial score (nSPS) is 11.9. The Bertz CT molecular complexity index is 862. The van der Waals surface area contributed by atoms with E-state index < -0.39 is 12.1 Å². The van der Waals surface area contributed by atoms with Gasteiger partial charge >= 0.3 is 5.97 Å². The van der Waals surface area contributed by atoms with Crippen molar-refractivity contribution in [3.8, 4) is 0 Å². The molecular formula is C19H18N2O4S. The topological polar surface area (TPSA) is 81.4 Å². The molecule has 0 aliphatic heterocycles. The van der Waals surface area contributed by atoms with E-state index in [9.17, 15) is 9.59 Å². The lowest BCUT2D eigenvalue weighted by atomic mass is 10.2. The minimum atomic E-state index is -0.865. The molecule has 1 atom stereocenters. The molecule has 1 amide bonds. The summed E-state index contributed by atoms with van der Waals surface area (Å²) in [7, 11) is 0. The van der Waals surface area contributed by atoms with Crippen LogP contribution in [0.4, 0.5) is 0 Å². The lowest BCUT2D eigenvalue weighted by Crippen LogP contribution is -2.35. The molecule has 2 aromatic carbocycles. The van der Waals surface area contributed by atoms with Crippen molar-refractivity contribution in [2.75, 3.05) is 5.75 Å². The molecule has 6 nitrogen and oxygen atoms in total. The smallest absolute Gasteiger partial charge is 0.317 e. The second-order valence-corrected chi connectivity index (χ2v) is 6.50. The van der Waals surface area contributed by atoms with Crippen molar-refractivity contribution in [2.45, 2.75) is 24.8 Å². The Morgan fingerprint density at radius 1 is 1.15 bits per heavy atom. The van der Waals surface area contributed by atoms with E-state index >= 15 is 0 Å². The number of aromatic nitrogens is 1. The molecule has 0 saturated carbocycles. The summed E-state index contributed by atoms with van der Waals surface area (Å²) < 4.78 is 10.7. The maximum atomic E-state index is 12.0. The van der Waals surface area contributed by atoms with Crippen molar-refractivity contribution in [2.24, 2.45) is 0 Å². The van der Waals surface area contributed by atoms with Crippen LogP contribution in [0.15, 0.2) is 64.2 Å². The van der Waals surface area contributed by atoms with Gasteiger partial charge in [-0.05, 0) is 24.6 Å². The first-order chi connectivity index (χ1) is 12.6. The van der Waals surface area contributed by atoms with Crippen LogP contribution in [0.2, 0.25) is 0 Å². The summed E-state index contributed by atoms with van der Waals surface area (Å²) in [5.74, 6) is -0.822. The number of carbonyl (C=O) groups excluding carboxylic acids is 2. The van der Waals surface area contributed by atoms with E-state index in [4.69, 9.17) is 9.15 Å². The van der Waals surface area contributed by atoms with E-state index in [1.54, 1.807) is 6.92 Å². The first-order valence-electron chi connectivity index (χ1n) is 8.11. The van der Waals surface area contributed by atoms with Crippen molar-refractivity contribution < 1.29 is 18.7 Å². The molecule has 0 aliphatic rings. The minimum Gasteiger partial charge on any atom is -0.452 e. The maximum absolute atomic E-state index is 12.0. The van der Waals surface area contributed by atoms with E-state index in [1.165, 1.54) is 0 Å². The van der Waals surface area contributed by atoms with Gasteiger partial charge in [-0.3, -0.25) is 9.59 Å². The third-order valence-electron chi connectivity index (χ3n) is 3.57. The van der Waals surface area contributed by atoms with Crippen molar-refractivity contribution >= 4 is 34.7 Å². The molecule has 0 saturated heterocycles. The van der Waals surface area contributed by atoms with Crippen molar-refractivity contribution in [1.29, 1.82) is 0 Å². The number of carbonyl (C=O) groups is 2. The molecule has 0 fully saturated rings. The number of amides is 1. The van der Waals surface area contributed by atoms with Gasteiger partial charge in [-0.1, -0.05) is 54.2 Å². The SMILES string of the molecule is CC(OC(=O)CSc1nc2ccccc2o1)C(=O)NCc1ccccc1. The van der Waals surface area contributed by atoms with Gasteiger partial charge in [0.15, 0.2) is 11.7 Å². The predicted molar refractivity (Wildman–Crippen MR) is 98.6 cm³/mol. The number of benzene rings is 2. The average molecular weight is 370 g/mol. The third-order valence-corrected chi connectivity index (χ3v) is 4.38. The van der Waals surface area contributed by atoms with Crippen LogP contribution in [0.3, 0.4) is 0 Å². The lowest BCUT2D eigenvalue weighted by Gasteiger charge is -2.13. The zero-order valence-electron chi connectivity index (χ0n) is 14.2. The first kappa shape index (κ1) is 18.0. The molecular weight excluding hydrogens is 352 g/mol. The molecule has 134 valence electrons. The third kappa shape index (κ3) is 4.86. The quantitative estimate of drug-likeness (QED) is 0.508. The van der Waals surface area contributed by atoms with Crippen LogP contribution in [0.5, 0.6) is 0 Å². The van der Waals surface area contributed by atoms with E-state index in [2.05, 4.69) is 10.3 Å². The number of thioether (sulfide) groups is 1. The van der Waals surface area contributed by atoms with Gasteiger partial charge in [0.25, 0.3) is 11.1 Å². The number of esters is 1. The van der Waals surface area contributed by atoms with Gasteiger partial charge < -0.3 is 14.5 Å². The molecule has 1 unspecified atom stereocenters. The summed E-state index contributed by atoms with van der Waals surface area (Å²) in [4.78, 5) is 28.2. The van der Waals surface area contributed by atoms with Crippen LogP contribution in [-0.4, -0.2) is 28.7 Å². The Labute approximate surface area is 154 Å². The molecule has 0 radical (unpaired) electrons. The monoisotopic (exact) mass is 370 g/mol. The van der Waals surface area contributed by atoms with Gasteiger partial charge in [0, 0.05) is 6.54 Å². The number of nitrogens with zero attached hydrogens (tertiary/aromatic N) is 1. The summed E-state index contributed by atoms with van der Waals surface area (Å²) in [6, 6.07) is 16.9. The number of nitrogens with one attached hydrogen (secondary N) is 1. The zero-order valence-corrected chi connectivity index (χ0v) is 15.0. The van der Waals surface area contributed by atoms with Crippen molar-refractivity contribution in [1.82, 2.24) is 10.3 Å². The Morgan fingerprint density at radius 3 is 2.65 bits per heavy atom. The second kappa shape index (κ2) is 8.53. The summed E-state index contributed by atoms with van der Waals surface area (Å²) in [5.41, 5.74) is 2.37. The van der Waals surface area contributed by atoms with E-state index in [-0.39, 0.29) is 11.7 Å². The average Bonchev–Trinajstić information content (AvgIpc) is 3.08. The molecule has 0 bridgehead atoms. The highest BCUT2D eigenvalue weighted by Gasteiger charge is 2.18. The van der Waals surface area contributed by atoms with Gasteiger partial charge in [0.2, 0.25) is 0 Å². The minimum absolute atomic E-state index is 0.0170. The molecule has 0 spiro atoms. The van der Waals surface area contributed by atoms with E-state index in [0.717, 1.165) is 22.8 Å². The van der Waals surface area contributed by atoms with Crippen LogP contribution in [0.25, 0.3) is 11.1 Å². The molecule has 3 aromatic rings. The van der Waals surface area contributed by atoms with E-state index in [0.29, 0.717) is 17.4 Å². The van der Waals surface area contributed by atoms with E-state index in [1.807, 2.05) is 54.6 Å². The van der Waals surface area contributed by atoms with Crippen molar-refractivity contribution in [3.05, 3.63) is 60.2 Å². The highest BCUT2D eigenvalue weighted by Crippen LogP contribution is 2.23. The molecule has 1 N–H and O–H groups in total. The molecule has 1 heterocycles. The van der Waals surface area contributed by atoms with Gasteiger partial charge in [0.05, 0.1) is 0 Å². The van der Waals surface area contributed by atoms with Crippen molar-refractivity contribution in [3.63, 3.8) is 0 Å². The van der Waals surface area contributed by atoms with Crippen LogP contribution >= 0.6 is 11.8 Å². The lowest BCUT2D eigenvalue weighted by molar-refractivity contribution is -0.152. The first-order valence-corrected chi connectivity index (χ1v) is 9.10. The Balaban J connectivity index is 1.44. The maximum Gasteiger partial charge on any atom is 0.317 e. The summed E-state index contributed by atoms with van der Waals surface area (Å²) in [6.45, 7) is 1.93. The van der Waals surface area contributed by atoms with Crippen LogP contribution in [0.1, 0.15) is 12.5 Å². The number of hydrogen-bond acceptors (Lipinski definition) is 6. The van der Waals surface area contributed by atoms with Gasteiger partial charge in [0.1, 0.15) is 11.3 Å². The second-order valence-electron chi connectivity index (χ2n) is 5.57. The highest BCUT2D eigenvalue weighted by atomic mass is 32.2. The largest absolute Gasteiger partial charge is 0.452 e. The van der Waals surface area contributed by atoms with Gasteiger partial charge in [-0.2, -0.15) is 0 Å². The van der Waals surface area contributed by atoms with Gasteiger partial charge in [-0.15, -0.1) is 0 Å². The number of ether oxygens (including phenoxy) is 1. The number of para-hydroxylation sites is 2. The fraction of sp³-hybridized carbons (Fsp3) is 0.211. The van der Waals surface area contributed by atoms with Crippen LogP contribution in [0, 0.1) is 0 Å². The fourth-order valence-electron chi connectivity index (χ4n) is 2.25. The van der Waals surface area contributed by atoms with Gasteiger partial charge in [-0.25, -0.2) is 4.98 Å². The Hall–Kier alpha value is -2.80. The molecule has 1 aromatic heterocycles. The van der Waals surface area contributed by atoms with Crippen LogP contribution in [-0.2, 0) is 20.9 Å². The molecule has 0 aliphatic carbocycles. The fourth-order valence-corrected chi connectivity index (χ4v) is 2.87. The standard InChI is InChI=1S/C19H18N2O4S/c1-13(18(23)20-11-14-7-3-2-4-8-14)24-17(22)12-26-19-21-15-9-5-6-10-16(15)25-19/h2-10,13H,11-12H2,1H3,(H,20,23). The predicted octanol–water partition coefficient (Wildman–Crippen LogP) is 3.17. The van der Waals surface area contributed by atoms with Crippen LogP contribution < -0.4 is 5.32 Å². The number of hydrogen-bond donors (Lipinski definition) is 1. The summed E-state index contributed by atoms with van der Waals surface area (Å²) in [6.07, 6.45) is -0.865. The summed E-state index contributed by atoms with van der Waals surface area (Å²) >= 11 is 1.13. The molecule has 7 heteroatoms. The molecule has 26 heavy (non-hydrogen) atoms. The zero-order chi connectivity index (χ0) is 18.4. The summed E-state index contributed by atoms with van der Waals surface area (Å²) in [5, 5.41) is 3.13. The Morgan fingerprint density at radius 2 is 1.88 bits per heavy atom. The highest BCUT2D eigenvalue weighted by molar-refractivity contribution is 7.99. The Kier molecular flexibility index (Phi) is 5.91. The number of oxazole rings is 1. The number of fused-ring (bicyclic) bond motifs is 1.